The summed E-state index contributed by atoms with van der Waals surface area (Å²) in [5.74, 6) is 0.810. The fourth-order valence-corrected chi connectivity index (χ4v) is 3.63. The van der Waals surface area contributed by atoms with E-state index in [1.807, 2.05) is 0 Å². The first-order valence-electron chi connectivity index (χ1n) is 8.98. The van der Waals surface area contributed by atoms with Crippen LogP contribution in [0.15, 0.2) is 29.3 Å². The first kappa shape index (κ1) is 17.0. The van der Waals surface area contributed by atoms with Crippen molar-refractivity contribution in [2.75, 3.05) is 26.2 Å². The van der Waals surface area contributed by atoms with Gasteiger partial charge in [-0.3, -0.25) is 9.88 Å². The number of halogens is 1. The monoisotopic (exact) mass is 359 g/mol. The number of carbonyl (C=O) groups excluding carboxylic acids is 1. The second-order valence-corrected chi connectivity index (χ2v) is 6.82. The summed E-state index contributed by atoms with van der Waals surface area (Å²) in [4.78, 5) is 22.0. The highest BCUT2D eigenvalue weighted by atomic mass is 19.1. The van der Waals surface area contributed by atoms with Crippen LogP contribution in [0.5, 0.6) is 0 Å². The molecule has 26 heavy (non-hydrogen) atoms. The number of hydrogen-bond acceptors (Lipinski definition) is 6. The molecule has 1 amide bonds. The Kier molecular flexibility index (Phi) is 4.83. The standard InChI is InChI=1S/C18H22FN5O2/c19-15-2-4-22-16-8-12(7-14(15)16)9-20-3-1-13-11-24(18(25)26-13)17-10-21-5-6-23-17/h2,4,6,10,12-13,20-21H,1,3,5,7-9,11H2. The number of carbonyl (C=O) groups is 1. The van der Waals surface area contributed by atoms with E-state index in [0.29, 0.717) is 24.8 Å². The molecule has 4 rings (SSSR count). The van der Waals surface area contributed by atoms with Crippen molar-refractivity contribution in [3.05, 3.63) is 41.4 Å². The maximum absolute atomic E-state index is 13.8. The highest BCUT2D eigenvalue weighted by molar-refractivity contribution is 5.73. The van der Waals surface area contributed by atoms with Crippen molar-refractivity contribution < 1.29 is 13.9 Å². The number of rotatable bonds is 6. The molecule has 3 aliphatic rings. The van der Waals surface area contributed by atoms with E-state index in [0.717, 1.165) is 43.6 Å². The number of aliphatic imine (C=N–C) groups is 1. The lowest BCUT2D eigenvalue weighted by Gasteiger charge is -2.16. The topological polar surface area (TPSA) is 78.8 Å². The quantitative estimate of drug-likeness (QED) is 0.747. The molecule has 0 saturated carbocycles. The molecule has 7 nitrogen and oxygen atoms in total. The molecular weight excluding hydrogens is 337 g/mol. The Morgan fingerprint density at radius 3 is 3.15 bits per heavy atom. The lowest BCUT2D eigenvalue weighted by molar-refractivity contribution is 0.130. The van der Waals surface area contributed by atoms with E-state index in [4.69, 9.17) is 4.74 Å². The van der Waals surface area contributed by atoms with Gasteiger partial charge in [0.25, 0.3) is 0 Å². The highest BCUT2D eigenvalue weighted by Gasteiger charge is 2.33. The van der Waals surface area contributed by atoms with Gasteiger partial charge in [0.1, 0.15) is 11.9 Å². The number of aromatic nitrogens is 1. The number of amides is 1. The maximum Gasteiger partial charge on any atom is 0.415 e. The summed E-state index contributed by atoms with van der Waals surface area (Å²) in [6, 6.07) is 1.43. The lowest BCUT2D eigenvalue weighted by atomic mass is 10.1. The summed E-state index contributed by atoms with van der Waals surface area (Å²) in [6.07, 6.45) is 6.77. The van der Waals surface area contributed by atoms with Crippen LogP contribution in [0.25, 0.3) is 0 Å². The minimum Gasteiger partial charge on any atom is -0.444 e. The zero-order valence-electron chi connectivity index (χ0n) is 14.4. The maximum atomic E-state index is 13.8. The minimum absolute atomic E-state index is 0.145. The Bertz CT molecular complexity index is 751. The van der Waals surface area contributed by atoms with Gasteiger partial charge in [0.2, 0.25) is 0 Å². The van der Waals surface area contributed by atoms with Gasteiger partial charge in [-0.1, -0.05) is 0 Å². The molecule has 0 bridgehead atoms. The second-order valence-electron chi connectivity index (χ2n) is 6.82. The second kappa shape index (κ2) is 7.41. The molecule has 1 aromatic heterocycles. The number of nitrogens with one attached hydrogen (secondary N) is 2. The Labute approximate surface area is 151 Å². The first-order valence-corrected chi connectivity index (χ1v) is 8.98. The molecule has 3 heterocycles. The molecule has 2 unspecified atom stereocenters. The number of cyclic esters (lactones) is 1. The lowest BCUT2D eigenvalue weighted by Crippen LogP contribution is -2.29. The van der Waals surface area contributed by atoms with Gasteiger partial charge < -0.3 is 15.4 Å². The van der Waals surface area contributed by atoms with Crippen molar-refractivity contribution >= 4 is 12.3 Å². The number of nitrogens with zero attached hydrogens (tertiary/aromatic N) is 3. The number of hydrogen-bond donors (Lipinski definition) is 2. The van der Waals surface area contributed by atoms with Gasteiger partial charge >= 0.3 is 6.09 Å². The smallest absolute Gasteiger partial charge is 0.415 e. The molecule has 2 atom stereocenters. The van der Waals surface area contributed by atoms with Crippen LogP contribution in [0.2, 0.25) is 0 Å². The molecular formula is C18H22FN5O2. The highest BCUT2D eigenvalue weighted by Crippen LogP contribution is 2.26. The molecule has 138 valence electrons. The first-order chi connectivity index (χ1) is 12.7. The van der Waals surface area contributed by atoms with Crippen molar-refractivity contribution in [3.8, 4) is 0 Å². The van der Waals surface area contributed by atoms with Gasteiger partial charge in [-0.15, -0.1) is 0 Å². The third-order valence-corrected chi connectivity index (χ3v) is 4.95. The van der Waals surface area contributed by atoms with E-state index >= 15 is 0 Å². The van der Waals surface area contributed by atoms with Crippen molar-refractivity contribution in [1.82, 2.24) is 20.5 Å². The van der Waals surface area contributed by atoms with Crippen LogP contribution in [0.3, 0.4) is 0 Å². The average molecular weight is 359 g/mol. The van der Waals surface area contributed by atoms with Crippen molar-refractivity contribution in [2.24, 2.45) is 10.9 Å². The predicted octanol–water partition coefficient (Wildman–Crippen LogP) is 1.21. The van der Waals surface area contributed by atoms with Gasteiger partial charge in [-0.2, -0.15) is 0 Å². The van der Waals surface area contributed by atoms with Gasteiger partial charge in [0, 0.05) is 36.4 Å². The van der Waals surface area contributed by atoms with E-state index in [-0.39, 0.29) is 18.0 Å². The zero-order valence-corrected chi connectivity index (χ0v) is 14.4. The van der Waals surface area contributed by atoms with Crippen molar-refractivity contribution in [3.63, 3.8) is 0 Å². The molecule has 0 spiro atoms. The van der Waals surface area contributed by atoms with Crippen LogP contribution in [-0.2, 0) is 17.6 Å². The van der Waals surface area contributed by atoms with E-state index in [9.17, 15) is 9.18 Å². The largest absolute Gasteiger partial charge is 0.444 e. The molecule has 1 fully saturated rings. The van der Waals surface area contributed by atoms with E-state index in [1.165, 1.54) is 12.3 Å². The number of ether oxygens (including phenoxy) is 1. The summed E-state index contributed by atoms with van der Waals surface area (Å²) in [5.41, 5.74) is 1.64. The summed E-state index contributed by atoms with van der Waals surface area (Å²) >= 11 is 0. The molecule has 0 radical (unpaired) electrons. The van der Waals surface area contributed by atoms with Gasteiger partial charge in [-0.05, 0) is 44.3 Å². The van der Waals surface area contributed by atoms with E-state index < -0.39 is 0 Å². The zero-order chi connectivity index (χ0) is 17.9. The van der Waals surface area contributed by atoms with Gasteiger partial charge in [-0.25, -0.2) is 14.2 Å². The fraction of sp³-hybridized carbons (Fsp3) is 0.500. The Balaban J connectivity index is 1.19. The normalized spacial score (nSPS) is 24.3. The number of pyridine rings is 1. The molecule has 1 saturated heterocycles. The molecule has 1 aliphatic carbocycles. The predicted molar refractivity (Wildman–Crippen MR) is 94.1 cm³/mol. The molecule has 1 aromatic rings. The number of fused-ring (bicyclic) bond motifs is 1. The Hall–Kier alpha value is -2.48. The molecule has 2 aliphatic heterocycles. The average Bonchev–Trinajstić information content (AvgIpc) is 3.23. The Morgan fingerprint density at radius 2 is 2.35 bits per heavy atom. The van der Waals surface area contributed by atoms with Crippen LogP contribution >= 0.6 is 0 Å². The molecule has 2 N–H and O–H groups in total. The van der Waals surface area contributed by atoms with Gasteiger partial charge in [0.05, 0.1) is 6.54 Å². The SMILES string of the molecule is O=C1OC(CCNCC2Cc3nccc(F)c3C2)CN1C1=CNCC=N1. The third kappa shape index (κ3) is 3.55. The van der Waals surface area contributed by atoms with Gasteiger partial charge in [0.15, 0.2) is 5.82 Å². The summed E-state index contributed by atoms with van der Waals surface area (Å²) in [5, 5.41) is 6.44. The van der Waals surface area contributed by atoms with Crippen LogP contribution < -0.4 is 10.6 Å². The summed E-state index contributed by atoms with van der Waals surface area (Å²) in [7, 11) is 0. The van der Waals surface area contributed by atoms with Crippen molar-refractivity contribution in [2.45, 2.75) is 25.4 Å². The third-order valence-electron chi connectivity index (χ3n) is 4.95. The fourth-order valence-electron chi connectivity index (χ4n) is 3.63. The van der Waals surface area contributed by atoms with Crippen molar-refractivity contribution in [1.29, 1.82) is 0 Å². The van der Waals surface area contributed by atoms with Crippen LogP contribution in [-0.4, -0.2) is 54.5 Å². The molecule has 8 heteroatoms. The van der Waals surface area contributed by atoms with Crippen LogP contribution in [0, 0.1) is 11.7 Å². The summed E-state index contributed by atoms with van der Waals surface area (Å²) in [6.45, 7) is 2.73. The van der Waals surface area contributed by atoms with E-state index in [2.05, 4.69) is 20.6 Å². The van der Waals surface area contributed by atoms with E-state index in [1.54, 1.807) is 17.3 Å². The molecule has 0 aromatic carbocycles. The summed E-state index contributed by atoms with van der Waals surface area (Å²) < 4.78 is 19.2. The van der Waals surface area contributed by atoms with Crippen LogP contribution in [0.4, 0.5) is 9.18 Å². The Morgan fingerprint density at radius 1 is 1.42 bits per heavy atom. The minimum atomic E-state index is -0.352. The van der Waals surface area contributed by atoms with Crippen LogP contribution in [0.1, 0.15) is 17.7 Å².